The van der Waals surface area contributed by atoms with E-state index in [0.717, 1.165) is 18.7 Å². The van der Waals surface area contributed by atoms with Gasteiger partial charge in [0.05, 0.1) is 12.1 Å². The second-order valence-corrected chi connectivity index (χ2v) is 6.73. The van der Waals surface area contributed by atoms with Crippen LogP contribution in [-0.4, -0.2) is 22.1 Å². The molecule has 1 spiro atoms. The highest BCUT2D eigenvalue weighted by Crippen LogP contribution is 2.43. The zero-order valence-electron chi connectivity index (χ0n) is 13.7. The van der Waals surface area contributed by atoms with Crippen LogP contribution < -0.4 is 15.3 Å². The Morgan fingerprint density at radius 1 is 1.29 bits per heavy atom. The lowest BCUT2D eigenvalue weighted by Gasteiger charge is -2.32. The third-order valence-corrected chi connectivity index (χ3v) is 5.28. The van der Waals surface area contributed by atoms with Crippen molar-refractivity contribution in [1.29, 1.82) is 0 Å². The molecule has 0 amide bonds. The predicted molar refractivity (Wildman–Crippen MR) is 88.8 cm³/mol. The summed E-state index contributed by atoms with van der Waals surface area (Å²) in [6, 6.07) is 8.03. The maximum Gasteiger partial charge on any atom is 0.352 e. The Balaban J connectivity index is 1.58. The van der Waals surface area contributed by atoms with E-state index in [2.05, 4.69) is 9.88 Å². The number of ether oxygens (including phenoxy) is 1. The smallest absolute Gasteiger partial charge is 0.352 e. The van der Waals surface area contributed by atoms with Gasteiger partial charge in [-0.2, -0.15) is 4.98 Å². The van der Waals surface area contributed by atoms with Crippen LogP contribution in [0.25, 0.3) is 0 Å². The third-order valence-electron chi connectivity index (χ3n) is 5.28. The van der Waals surface area contributed by atoms with Gasteiger partial charge in [-0.05, 0) is 30.5 Å². The number of anilines is 1. The third kappa shape index (κ3) is 2.46. The van der Waals surface area contributed by atoms with Crippen molar-refractivity contribution in [1.82, 2.24) is 9.55 Å². The Labute approximate surface area is 139 Å². The van der Waals surface area contributed by atoms with E-state index >= 15 is 0 Å². The lowest BCUT2D eigenvalue weighted by Crippen LogP contribution is -2.41. The molecule has 6 heteroatoms. The molecule has 1 aromatic carbocycles. The molecular weight excluding hydrogens is 309 g/mol. The average Bonchev–Trinajstić information content (AvgIpc) is 3.14. The minimum atomic E-state index is -0.305. The number of rotatable bonds is 3. The molecule has 1 aliphatic heterocycles. The van der Waals surface area contributed by atoms with E-state index < -0.39 is 0 Å². The van der Waals surface area contributed by atoms with Crippen molar-refractivity contribution in [2.75, 3.05) is 11.9 Å². The topological polar surface area (TPSA) is 47.4 Å². The summed E-state index contributed by atoms with van der Waals surface area (Å²) in [4.78, 5) is 18.6. The summed E-state index contributed by atoms with van der Waals surface area (Å²) >= 11 is 0. The maximum absolute atomic E-state index is 13.2. The first-order valence-electron chi connectivity index (χ1n) is 8.30. The van der Waals surface area contributed by atoms with E-state index in [1.165, 1.54) is 25.0 Å². The van der Waals surface area contributed by atoms with Crippen molar-refractivity contribution >= 4 is 5.82 Å². The number of fused-ring (bicyclic) bond motifs is 1. The lowest BCUT2D eigenvalue weighted by atomic mass is 9.97. The molecule has 1 aliphatic carbocycles. The molecule has 2 aliphatic rings. The molecule has 1 saturated carbocycles. The quantitative estimate of drug-likeness (QED) is 0.869. The van der Waals surface area contributed by atoms with Gasteiger partial charge in [0.2, 0.25) is 5.88 Å². The lowest BCUT2D eigenvalue weighted by molar-refractivity contribution is 0.291. The molecule has 0 unspecified atom stereocenters. The summed E-state index contributed by atoms with van der Waals surface area (Å²) < 4.78 is 20.6. The van der Waals surface area contributed by atoms with Crippen molar-refractivity contribution < 1.29 is 9.13 Å². The molecule has 0 radical (unpaired) electrons. The summed E-state index contributed by atoms with van der Waals surface area (Å²) in [5.74, 6) is 0.838. The zero-order valence-corrected chi connectivity index (χ0v) is 13.7. The van der Waals surface area contributed by atoms with E-state index in [1.54, 1.807) is 16.7 Å². The Morgan fingerprint density at radius 3 is 2.83 bits per heavy atom. The van der Waals surface area contributed by atoms with Crippen LogP contribution in [0.3, 0.4) is 0 Å². The first-order valence-corrected chi connectivity index (χ1v) is 8.30. The summed E-state index contributed by atoms with van der Waals surface area (Å²) in [6.07, 6.45) is 4.60. The fourth-order valence-corrected chi connectivity index (χ4v) is 3.93. The maximum atomic E-state index is 13.2. The number of aromatic nitrogens is 2. The molecule has 5 nitrogen and oxygen atoms in total. The number of hydrogen-bond donors (Lipinski definition) is 0. The fraction of sp³-hybridized carbons (Fsp3) is 0.444. The molecular formula is C18H20FN3O2. The van der Waals surface area contributed by atoms with Gasteiger partial charge < -0.3 is 9.64 Å². The molecule has 4 rings (SSSR count). The summed E-state index contributed by atoms with van der Waals surface area (Å²) in [5, 5.41) is 0. The fourth-order valence-electron chi connectivity index (χ4n) is 3.93. The van der Waals surface area contributed by atoms with E-state index in [4.69, 9.17) is 4.74 Å². The minimum absolute atomic E-state index is 0.0506. The van der Waals surface area contributed by atoms with Gasteiger partial charge in [-0.1, -0.05) is 25.0 Å². The average molecular weight is 329 g/mol. The van der Waals surface area contributed by atoms with Crippen LogP contribution in [0, 0.1) is 5.82 Å². The van der Waals surface area contributed by atoms with Gasteiger partial charge in [0, 0.05) is 13.1 Å². The Bertz CT molecular complexity index is 827. The Morgan fingerprint density at radius 2 is 2.08 bits per heavy atom. The molecule has 0 N–H and O–H groups in total. The number of nitrogens with zero attached hydrogens (tertiary/aromatic N) is 3. The van der Waals surface area contributed by atoms with Gasteiger partial charge in [-0.25, -0.2) is 9.18 Å². The van der Waals surface area contributed by atoms with Crippen molar-refractivity contribution in [3.63, 3.8) is 0 Å². The Hall–Kier alpha value is -2.37. The molecule has 2 heterocycles. The summed E-state index contributed by atoms with van der Waals surface area (Å²) in [6.45, 7) is 0.886. The first kappa shape index (κ1) is 15.2. The number of likely N-dealkylation sites (N-methyl/N-ethyl adjacent to an activating group) is 1. The second-order valence-electron chi connectivity index (χ2n) is 6.73. The van der Waals surface area contributed by atoms with Crippen LogP contribution >= 0.6 is 0 Å². The van der Waals surface area contributed by atoms with Gasteiger partial charge in [-0.3, -0.25) is 4.57 Å². The second kappa shape index (κ2) is 5.61. The highest BCUT2D eigenvalue weighted by atomic mass is 19.1. The molecule has 0 bridgehead atoms. The van der Waals surface area contributed by atoms with Crippen LogP contribution in [-0.2, 0) is 13.2 Å². The van der Waals surface area contributed by atoms with Gasteiger partial charge in [0.1, 0.15) is 18.2 Å². The largest absolute Gasteiger partial charge is 0.473 e. The highest BCUT2D eigenvalue weighted by Gasteiger charge is 2.44. The van der Waals surface area contributed by atoms with Crippen LogP contribution in [0.4, 0.5) is 10.2 Å². The molecule has 126 valence electrons. The SMILES string of the molecule is CN1c2cc(OCc3cccc(F)c3)nc(=O)n2CC12CCCC2. The molecule has 0 atom stereocenters. The molecule has 1 aromatic heterocycles. The standard InChI is InChI=1S/C18H20FN3O2/c1-21-16-10-15(24-11-13-5-4-6-14(19)9-13)20-17(23)22(16)12-18(21)7-2-3-8-18/h4-6,9-10H,2-3,7-8,11-12H2,1H3. The minimum Gasteiger partial charge on any atom is -0.473 e. The first-order chi connectivity index (χ1) is 11.6. The van der Waals surface area contributed by atoms with Crippen LogP contribution in [0.1, 0.15) is 31.2 Å². The van der Waals surface area contributed by atoms with Crippen LogP contribution in [0.5, 0.6) is 5.88 Å². The van der Waals surface area contributed by atoms with E-state index in [9.17, 15) is 9.18 Å². The van der Waals surface area contributed by atoms with Crippen LogP contribution in [0.2, 0.25) is 0 Å². The molecule has 0 saturated heterocycles. The highest BCUT2D eigenvalue weighted by molar-refractivity contribution is 5.49. The van der Waals surface area contributed by atoms with Crippen molar-refractivity contribution in [2.45, 2.75) is 44.4 Å². The van der Waals surface area contributed by atoms with E-state index in [1.807, 2.05) is 13.1 Å². The van der Waals surface area contributed by atoms with Gasteiger partial charge in [0.15, 0.2) is 0 Å². The number of benzene rings is 1. The van der Waals surface area contributed by atoms with Gasteiger partial charge in [0.25, 0.3) is 0 Å². The zero-order chi connectivity index (χ0) is 16.7. The summed E-state index contributed by atoms with van der Waals surface area (Å²) in [7, 11) is 2.04. The van der Waals surface area contributed by atoms with Gasteiger partial charge >= 0.3 is 5.69 Å². The Kier molecular flexibility index (Phi) is 3.55. The van der Waals surface area contributed by atoms with E-state index in [-0.39, 0.29) is 29.5 Å². The molecule has 2 aromatic rings. The molecule has 1 fully saturated rings. The number of halogens is 1. The summed E-state index contributed by atoms with van der Waals surface area (Å²) in [5.41, 5.74) is 0.477. The molecule has 24 heavy (non-hydrogen) atoms. The predicted octanol–water partition coefficient (Wildman–Crippen LogP) is 2.72. The normalized spacial score (nSPS) is 18.2. The van der Waals surface area contributed by atoms with Crippen LogP contribution in [0.15, 0.2) is 35.1 Å². The monoisotopic (exact) mass is 329 g/mol. The van der Waals surface area contributed by atoms with Gasteiger partial charge in [-0.15, -0.1) is 0 Å². The van der Waals surface area contributed by atoms with Crippen molar-refractivity contribution in [2.24, 2.45) is 0 Å². The number of hydrogen-bond acceptors (Lipinski definition) is 4. The van der Waals surface area contributed by atoms with Crippen molar-refractivity contribution in [3.8, 4) is 5.88 Å². The van der Waals surface area contributed by atoms with Crippen molar-refractivity contribution in [3.05, 3.63) is 52.2 Å². The van der Waals surface area contributed by atoms with E-state index in [0.29, 0.717) is 12.1 Å².